The summed E-state index contributed by atoms with van der Waals surface area (Å²) in [5, 5.41) is 0.737. The molecule has 0 aliphatic carbocycles. The fourth-order valence-electron chi connectivity index (χ4n) is 1.67. The summed E-state index contributed by atoms with van der Waals surface area (Å²) in [7, 11) is 1.60. The largest absolute Gasteiger partial charge is 0.336 e. The highest BCUT2D eigenvalue weighted by atomic mass is 35.5. The van der Waals surface area contributed by atoms with Crippen molar-refractivity contribution < 1.29 is 9.59 Å². The van der Waals surface area contributed by atoms with Crippen molar-refractivity contribution in [1.29, 1.82) is 0 Å². The molecule has 1 aromatic rings. The number of amides is 2. The first-order chi connectivity index (χ1) is 8.49. The van der Waals surface area contributed by atoms with Gasteiger partial charge in [-0.15, -0.1) is 0 Å². The number of halogens is 2. The zero-order valence-corrected chi connectivity index (χ0v) is 11.2. The molecule has 1 aliphatic rings. The smallest absolute Gasteiger partial charge is 0.312 e. The maximum atomic E-state index is 11.8. The standard InChI is InChI=1S/C11H11Cl2N3O2/c1-15-4-5-16(11(18)10(15)17)6-8-7(12)2-3-9(13)14-8/h2-3H,4-6H2,1H3. The first-order valence-corrected chi connectivity index (χ1v) is 6.10. The fraction of sp³-hybridized carbons (Fsp3) is 0.364. The molecule has 18 heavy (non-hydrogen) atoms. The number of pyridine rings is 1. The lowest BCUT2D eigenvalue weighted by Gasteiger charge is -2.31. The summed E-state index contributed by atoms with van der Waals surface area (Å²) in [5.41, 5.74) is 0.495. The minimum atomic E-state index is -0.540. The molecule has 0 radical (unpaired) electrons. The molecule has 2 rings (SSSR count). The Labute approximate surface area is 114 Å². The highest BCUT2D eigenvalue weighted by molar-refractivity contribution is 6.35. The van der Waals surface area contributed by atoms with Gasteiger partial charge < -0.3 is 9.80 Å². The van der Waals surface area contributed by atoms with Crippen LogP contribution in [0.25, 0.3) is 0 Å². The maximum absolute atomic E-state index is 11.8. The van der Waals surface area contributed by atoms with Gasteiger partial charge in [0.2, 0.25) is 0 Å². The van der Waals surface area contributed by atoms with Crippen molar-refractivity contribution in [2.75, 3.05) is 20.1 Å². The Bertz CT molecular complexity index is 507. The van der Waals surface area contributed by atoms with E-state index in [9.17, 15) is 9.59 Å². The molecule has 1 aliphatic heterocycles. The van der Waals surface area contributed by atoms with Gasteiger partial charge >= 0.3 is 11.8 Å². The lowest BCUT2D eigenvalue weighted by atomic mass is 10.2. The second kappa shape index (κ2) is 5.12. The lowest BCUT2D eigenvalue weighted by molar-refractivity contribution is -0.155. The van der Waals surface area contributed by atoms with Crippen molar-refractivity contribution >= 4 is 35.0 Å². The fourth-order valence-corrected chi connectivity index (χ4v) is 2.00. The summed E-state index contributed by atoms with van der Waals surface area (Å²) in [5.74, 6) is -1.05. The van der Waals surface area contributed by atoms with E-state index in [1.54, 1.807) is 19.2 Å². The molecule has 96 valence electrons. The zero-order valence-electron chi connectivity index (χ0n) is 9.69. The minimum absolute atomic E-state index is 0.192. The normalized spacial score (nSPS) is 16.4. The Kier molecular flexibility index (Phi) is 3.73. The predicted molar refractivity (Wildman–Crippen MR) is 67.3 cm³/mol. The first-order valence-electron chi connectivity index (χ1n) is 5.34. The molecule has 0 bridgehead atoms. The number of hydrogen-bond acceptors (Lipinski definition) is 3. The van der Waals surface area contributed by atoms with E-state index in [2.05, 4.69) is 4.98 Å². The van der Waals surface area contributed by atoms with Gasteiger partial charge in [0, 0.05) is 20.1 Å². The molecule has 7 heteroatoms. The van der Waals surface area contributed by atoms with Crippen LogP contribution in [0.4, 0.5) is 0 Å². The number of carbonyl (C=O) groups excluding carboxylic acids is 2. The second-order valence-electron chi connectivity index (χ2n) is 4.02. The summed E-state index contributed by atoms with van der Waals surface area (Å²) in [6, 6.07) is 3.19. The first kappa shape index (κ1) is 13.1. The predicted octanol–water partition coefficient (Wildman–Crippen LogP) is 1.19. The van der Waals surface area contributed by atoms with Crippen LogP contribution in [0.1, 0.15) is 5.69 Å². The van der Waals surface area contributed by atoms with Crippen molar-refractivity contribution in [3.05, 3.63) is 28.0 Å². The van der Waals surface area contributed by atoms with Crippen molar-refractivity contribution in [1.82, 2.24) is 14.8 Å². The molecule has 2 heterocycles. The average Bonchev–Trinajstić information content (AvgIpc) is 2.34. The SMILES string of the molecule is CN1CCN(Cc2nc(Cl)ccc2Cl)C(=O)C1=O. The van der Waals surface area contributed by atoms with E-state index < -0.39 is 11.8 Å². The van der Waals surface area contributed by atoms with E-state index >= 15 is 0 Å². The molecule has 1 aromatic heterocycles. The molecule has 0 atom stereocenters. The number of rotatable bonds is 2. The molecule has 0 N–H and O–H groups in total. The van der Waals surface area contributed by atoms with E-state index in [1.807, 2.05) is 0 Å². The summed E-state index contributed by atoms with van der Waals surface area (Å²) in [4.78, 5) is 30.2. The van der Waals surface area contributed by atoms with E-state index in [0.717, 1.165) is 0 Å². The van der Waals surface area contributed by atoms with Gasteiger partial charge in [-0.25, -0.2) is 4.98 Å². The third-order valence-electron chi connectivity index (χ3n) is 2.75. The average molecular weight is 288 g/mol. The van der Waals surface area contributed by atoms with E-state index in [4.69, 9.17) is 23.2 Å². The number of likely N-dealkylation sites (N-methyl/N-ethyl adjacent to an activating group) is 1. The van der Waals surface area contributed by atoms with Crippen molar-refractivity contribution in [2.45, 2.75) is 6.54 Å². The van der Waals surface area contributed by atoms with Gasteiger partial charge in [0.15, 0.2) is 0 Å². The van der Waals surface area contributed by atoms with Crippen LogP contribution in [0.15, 0.2) is 12.1 Å². The topological polar surface area (TPSA) is 53.5 Å². The third-order valence-corrected chi connectivity index (χ3v) is 3.30. The van der Waals surface area contributed by atoms with Gasteiger partial charge in [-0.2, -0.15) is 0 Å². The monoisotopic (exact) mass is 287 g/mol. The van der Waals surface area contributed by atoms with Gasteiger partial charge in [0.1, 0.15) is 5.15 Å². The lowest BCUT2D eigenvalue weighted by Crippen LogP contribution is -2.52. The minimum Gasteiger partial charge on any atom is -0.336 e. The molecule has 1 saturated heterocycles. The van der Waals surface area contributed by atoms with Crippen molar-refractivity contribution in [3.63, 3.8) is 0 Å². The van der Waals surface area contributed by atoms with E-state index in [-0.39, 0.29) is 6.54 Å². The molecular formula is C11H11Cl2N3O2. The van der Waals surface area contributed by atoms with E-state index in [1.165, 1.54) is 9.80 Å². The van der Waals surface area contributed by atoms with Crippen LogP contribution >= 0.6 is 23.2 Å². The molecular weight excluding hydrogens is 277 g/mol. The van der Waals surface area contributed by atoms with Crippen LogP contribution < -0.4 is 0 Å². The Hall–Kier alpha value is -1.33. The van der Waals surface area contributed by atoms with Gasteiger partial charge in [-0.1, -0.05) is 23.2 Å². The zero-order chi connectivity index (χ0) is 13.3. The Balaban J connectivity index is 2.17. The number of nitrogens with zero attached hydrogens (tertiary/aromatic N) is 3. The Morgan fingerprint density at radius 3 is 2.67 bits per heavy atom. The molecule has 0 aromatic carbocycles. The summed E-state index contributed by atoms with van der Waals surface area (Å²) < 4.78 is 0. The molecule has 0 spiro atoms. The Morgan fingerprint density at radius 2 is 1.94 bits per heavy atom. The van der Waals surface area contributed by atoms with Gasteiger partial charge in [-0.05, 0) is 12.1 Å². The molecule has 1 fully saturated rings. The summed E-state index contributed by atoms with van der Waals surface area (Å²) in [6.07, 6.45) is 0. The molecule has 0 unspecified atom stereocenters. The summed E-state index contributed by atoms with van der Waals surface area (Å²) in [6.45, 7) is 1.16. The van der Waals surface area contributed by atoms with Crippen molar-refractivity contribution in [3.8, 4) is 0 Å². The van der Waals surface area contributed by atoms with Crippen LogP contribution in [0, 0.1) is 0 Å². The number of hydrogen-bond donors (Lipinski definition) is 0. The number of aromatic nitrogens is 1. The van der Waals surface area contributed by atoms with Gasteiger partial charge in [-0.3, -0.25) is 9.59 Å². The van der Waals surface area contributed by atoms with Crippen LogP contribution in [0.5, 0.6) is 0 Å². The number of piperazine rings is 1. The Morgan fingerprint density at radius 1 is 1.22 bits per heavy atom. The highest BCUT2D eigenvalue weighted by Gasteiger charge is 2.30. The van der Waals surface area contributed by atoms with Crippen LogP contribution in [0.2, 0.25) is 10.2 Å². The molecule has 0 saturated carbocycles. The van der Waals surface area contributed by atoms with Crippen molar-refractivity contribution in [2.24, 2.45) is 0 Å². The maximum Gasteiger partial charge on any atom is 0.312 e. The number of carbonyl (C=O) groups is 2. The molecule has 2 amide bonds. The van der Waals surface area contributed by atoms with Crippen LogP contribution in [0.3, 0.4) is 0 Å². The highest BCUT2D eigenvalue weighted by Crippen LogP contribution is 2.19. The summed E-state index contributed by atoms with van der Waals surface area (Å²) >= 11 is 11.7. The van der Waals surface area contributed by atoms with Crippen LogP contribution in [-0.2, 0) is 16.1 Å². The van der Waals surface area contributed by atoms with E-state index in [0.29, 0.717) is 29.0 Å². The quantitative estimate of drug-likeness (QED) is 0.607. The van der Waals surface area contributed by atoms with Crippen LogP contribution in [-0.4, -0.2) is 46.7 Å². The third kappa shape index (κ3) is 2.57. The second-order valence-corrected chi connectivity index (χ2v) is 4.81. The van der Waals surface area contributed by atoms with Gasteiger partial charge in [0.25, 0.3) is 0 Å². The molecule has 5 nitrogen and oxygen atoms in total. The van der Waals surface area contributed by atoms with Gasteiger partial charge in [0.05, 0.1) is 17.3 Å².